The van der Waals surface area contributed by atoms with Crippen molar-refractivity contribution < 1.29 is 18.7 Å². The van der Waals surface area contributed by atoms with Gasteiger partial charge in [0.1, 0.15) is 5.76 Å². The molecule has 130 valence electrons. The molecule has 0 aliphatic rings. The van der Waals surface area contributed by atoms with Crippen LogP contribution in [-0.2, 0) is 11.3 Å². The van der Waals surface area contributed by atoms with Crippen molar-refractivity contribution in [3.05, 3.63) is 51.9 Å². The molecule has 3 aromatic rings. The SMILES string of the molecule is CCOC(=O)c1nc(-c2cc(C(N)=O)c(C)n2Cc2ccco2)cs1. The summed E-state index contributed by atoms with van der Waals surface area (Å²) in [6, 6.07) is 5.33. The molecule has 0 saturated carbocycles. The lowest BCUT2D eigenvalue weighted by Crippen LogP contribution is -2.12. The van der Waals surface area contributed by atoms with Gasteiger partial charge in [-0.1, -0.05) is 0 Å². The number of carbonyl (C=O) groups is 2. The molecule has 0 aliphatic carbocycles. The number of nitrogens with zero attached hydrogens (tertiary/aromatic N) is 2. The van der Waals surface area contributed by atoms with E-state index in [1.54, 1.807) is 30.7 Å². The molecule has 3 heterocycles. The number of esters is 1. The Kier molecular flexibility index (Phi) is 4.71. The van der Waals surface area contributed by atoms with E-state index in [9.17, 15) is 9.59 Å². The Bertz CT molecular complexity index is 909. The Morgan fingerprint density at radius 2 is 2.24 bits per heavy atom. The predicted octanol–water partition coefficient (Wildman–Crippen LogP) is 2.84. The molecule has 0 unspecified atom stereocenters. The number of thiazole rings is 1. The van der Waals surface area contributed by atoms with Crippen LogP contribution < -0.4 is 5.73 Å². The number of nitrogens with two attached hydrogens (primary N) is 1. The van der Waals surface area contributed by atoms with E-state index in [2.05, 4.69) is 4.98 Å². The van der Waals surface area contributed by atoms with Crippen molar-refractivity contribution in [2.75, 3.05) is 6.61 Å². The number of carbonyl (C=O) groups excluding carboxylic acids is 2. The molecule has 7 nitrogen and oxygen atoms in total. The molecule has 3 rings (SSSR count). The molecule has 25 heavy (non-hydrogen) atoms. The zero-order valence-electron chi connectivity index (χ0n) is 13.8. The Balaban J connectivity index is 2.04. The monoisotopic (exact) mass is 359 g/mol. The van der Waals surface area contributed by atoms with Crippen LogP contribution in [0.4, 0.5) is 0 Å². The maximum Gasteiger partial charge on any atom is 0.367 e. The van der Waals surface area contributed by atoms with Crippen LogP contribution in [0.1, 0.15) is 38.5 Å². The first-order valence-electron chi connectivity index (χ1n) is 7.66. The van der Waals surface area contributed by atoms with Crippen LogP contribution in [0.15, 0.2) is 34.3 Å². The fourth-order valence-electron chi connectivity index (χ4n) is 2.55. The Morgan fingerprint density at radius 1 is 1.44 bits per heavy atom. The first-order valence-corrected chi connectivity index (χ1v) is 8.54. The minimum atomic E-state index is -0.516. The van der Waals surface area contributed by atoms with Gasteiger partial charge in [-0.05, 0) is 32.0 Å². The summed E-state index contributed by atoms with van der Waals surface area (Å²) in [5, 5.41) is 2.02. The number of hydrogen-bond donors (Lipinski definition) is 1. The van der Waals surface area contributed by atoms with Gasteiger partial charge in [-0.25, -0.2) is 9.78 Å². The highest BCUT2D eigenvalue weighted by Crippen LogP contribution is 2.28. The molecule has 0 fully saturated rings. The highest BCUT2D eigenvalue weighted by atomic mass is 32.1. The maximum atomic E-state index is 11.8. The van der Waals surface area contributed by atoms with Gasteiger partial charge in [-0.3, -0.25) is 4.79 Å². The third kappa shape index (κ3) is 3.34. The van der Waals surface area contributed by atoms with Crippen LogP contribution >= 0.6 is 11.3 Å². The van der Waals surface area contributed by atoms with Crippen LogP contribution in [0.5, 0.6) is 0 Å². The molecule has 0 aliphatic heterocycles. The molecular formula is C17H17N3O4S. The summed E-state index contributed by atoms with van der Waals surface area (Å²) in [7, 11) is 0. The van der Waals surface area contributed by atoms with E-state index in [0.29, 0.717) is 29.2 Å². The average Bonchev–Trinajstić information content (AvgIpc) is 3.29. The molecule has 0 saturated heterocycles. The average molecular weight is 359 g/mol. The van der Waals surface area contributed by atoms with E-state index in [0.717, 1.165) is 5.76 Å². The zero-order chi connectivity index (χ0) is 18.0. The van der Waals surface area contributed by atoms with E-state index >= 15 is 0 Å². The maximum absolute atomic E-state index is 11.8. The smallest absolute Gasteiger partial charge is 0.367 e. The van der Waals surface area contributed by atoms with Crippen LogP contribution in [-0.4, -0.2) is 28.0 Å². The standard InChI is InChI=1S/C17H17N3O4S/c1-3-23-17(22)16-19-13(9-25-16)14-7-12(15(18)21)10(2)20(14)8-11-5-4-6-24-11/h4-7,9H,3,8H2,1-2H3,(H2,18,21). The Labute approximate surface area is 148 Å². The van der Waals surface area contributed by atoms with Crippen molar-refractivity contribution in [2.24, 2.45) is 5.73 Å². The number of primary amides is 1. The Hall–Kier alpha value is -2.87. The quantitative estimate of drug-likeness (QED) is 0.682. The molecule has 0 bridgehead atoms. The lowest BCUT2D eigenvalue weighted by molar-refractivity contribution is 0.0526. The topological polar surface area (TPSA) is 100 Å². The van der Waals surface area contributed by atoms with Gasteiger partial charge in [0.25, 0.3) is 5.91 Å². The molecule has 0 aromatic carbocycles. The van der Waals surface area contributed by atoms with Gasteiger partial charge < -0.3 is 19.5 Å². The third-order valence-electron chi connectivity index (χ3n) is 3.74. The highest BCUT2D eigenvalue weighted by Gasteiger charge is 2.21. The van der Waals surface area contributed by atoms with Crippen molar-refractivity contribution in [3.8, 4) is 11.4 Å². The molecule has 0 atom stereocenters. The second kappa shape index (κ2) is 6.94. The summed E-state index contributed by atoms with van der Waals surface area (Å²) in [6.45, 7) is 4.26. The zero-order valence-corrected chi connectivity index (χ0v) is 14.6. The van der Waals surface area contributed by atoms with Crippen LogP contribution in [0.2, 0.25) is 0 Å². The normalized spacial score (nSPS) is 10.8. The number of furan rings is 1. The van der Waals surface area contributed by atoms with Crippen molar-refractivity contribution in [1.82, 2.24) is 9.55 Å². The number of ether oxygens (including phenoxy) is 1. The molecule has 0 radical (unpaired) electrons. The van der Waals surface area contributed by atoms with Gasteiger partial charge in [0.05, 0.1) is 36.4 Å². The van der Waals surface area contributed by atoms with E-state index in [-0.39, 0.29) is 11.6 Å². The van der Waals surface area contributed by atoms with E-state index in [1.807, 2.05) is 17.6 Å². The molecule has 3 aromatic heterocycles. The lowest BCUT2D eigenvalue weighted by atomic mass is 10.2. The largest absolute Gasteiger partial charge is 0.467 e. The number of aromatic nitrogens is 2. The fraction of sp³-hybridized carbons (Fsp3) is 0.235. The van der Waals surface area contributed by atoms with Crippen molar-refractivity contribution in [2.45, 2.75) is 20.4 Å². The summed E-state index contributed by atoms with van der Waals surface area (Å²) in [4.78, 5) is 27.9. The Morgan fingerprint density at radius 3 is 2.88 bits per heavy atom. The molecule has 8 heteroatoms. The van der Waals surface area contributed by atoms with Gasteiger partial charge in [-0.15, -0.1) is 11.3 Å². The first kappa shape index (κ1) is 17.0. The van der Waals surface area contributed by atoms with Crippen molar-refractivity contribution in [3.63, 3.8) is 0 Å². The summed E-state index contributed by atoms with van der Waals surface area (Å²) in [6.07, 6.45) is 1.59. The van der Waals surface area contributed by atoms with Gasteiger partial charge in [0.2, 0.25) is 5.01 Å². The molecule has 2 N–H and O–H groups in total. The summed E-state index contributed by atoms with van der Waals surface area (Å²) in [5.41, 5.74) is 7.86. The summed E-state index contributed by atoms with van der Waals surface area (Å²) in [5.74, 6) is -0.246. The lowest BCUT2D eigenvalue weighted by Gasteiger charge is -2.08. The van der Waals surface area contributed by atoms with E-state index in [1.165, 1.54) is 11.3 Å². The van der Waals surface area contributed by atoms with Crippen LogP contribution in [0.3, 0.4) is 0 Å². The second-order valence-electron chi connectivity index (χ2n) is 5.32. The van der Waals surface area contributed by atoms with Gasteiger partial charge >= 0.3 is 5.97 Å². The van der Waals surface area contributed by atoms with E-state index in [4.69, 9.17) is 14.9 Å². The molecule has 0 spiro atoms. The van der Waals surface area contributed by atoms with Crippen molar-refractivity contribution >= 4 is 23.2 Å². The first-order chi connectivity index (χ1) is 12.0. The highest BCUT2D eigenvalue weighted by molar-refractivity contribution is 7.11. The van der Waals surface area contributed by atoms with Gasteiger partial charge in [0, 0.05) is 11.1 Å². The molecular weight excluding hydrogens is 342 g/mol. The minimum absolute atomic E-state index is 0.265. The predicted molar refractivity (Wildman–Crippen MR) is 92.6 cm³/mol. The summed E-state index contributed by atoms with van der Waals surface area (Å²) < 4.78 is 12.3. The minimum Gasteiger partial charge on any atom is -0.467 e. The number of amides is 1. The summed E-state index contributed by atoms with van der Waals surface area (Å²) >= 11 is 1.19. The third-order valence-corrected chi connectivity index (χ3v) is 4.57. The fourth-order valence-corrected chi connectivity index (χ4v) is 3.25. The van der Waals surface area contributed by atoms with Crippen LogP contribution in [0, 0.1) is 6.92 Å². The number of hydrogen-bond acceptors (Lipinski definition) is 6. The van der Waals surface area contributed by atoms with Crippen molar-refractivity contribution in [1.29, 1.82) is 0 Å². The molecule has 1 amide bonds. The van der Waals surface area contributed by atoms with Crippen LogP contribution in [0.25, 0.3) is 11.4 Å². The second-order valence-corrected chi connectivity index (χ2v) is 6.17. The van der Waals surface area contributed by atoms with E-state index < -0.39 is 11.9 Å². The van der Waals surface area contributed by atoms with Gasteiger partial charge in [-0.2, -0.15) is 0 Å². The van der Waals surface area contributed by atoms with Gasteiger partial charge in [0.15, 0.2) is 0 Å². The number of rotatable bonds is 6.